The zero-order chi connectivity index (χ0) is 13.2. The summed E-state index contributed by atoms with van der Waals surface area (Å²) in [4.78, 5) is 14.2. The van der Waals surface area contributed by atoms with Gasteiger partial charge in [-0.3, -0.25) is 9.69 Å². The van der Waals surface area contributed by atoms with E-state index in [9.17, 15) is 13.2 Å². The van der Waals surface area contributed by atoms with E-state index in [1.54, 1.807) is 0 Å². The Labute approximate surface area is 109 Å². The summed E-state index contributed by atoms with van der Waals surface area (Å²) in [6.07, 6.45) is 4.09. The zero-order valence-corrected chi connectivity index (χ0v) is 11.7. The minimum atomic E-state index is -2.92. The van der Waals surface area contributed by atoms with Crippen molar-refractivity contribution in [2.24, 2.45) is 0 Å². The van der Waals surface area contributed by atoms with Crippen LogP contribution in [-0.2, 0) is 14.6 Å². The van der Waals surface area contributed by atoms with Crippen LogP contribution in [-0.4, -0.2) is 55.9 Å². The molecule has 0 radical (unpaired) electrons. The van der Waals surface area contributed by atoms with Crippen molar-refractivity contribution in [2.45, 2.75) is 44.7 Å². The van der Waals surface area contributed by atoms with E-state index >= 15 is 0 Å². The van der Waals surface area contributed by atoms with E-state index < -0.39 is 9.84 Å². The lowest BCUT2D eigenvalue weighted by molar-refractivity contribution is -0.126. The minimum Gasteiger partial charge on any atom is -0.351 e. The molecule has 5 nitrogen and oxygen atoms in total. The summed E-state index contributed by atoms with van der Waals surface area (Å²) in [7, 11) is -2.92. The van der Waals surface area contributed by atoms with Gasteiger partial charge in [0.05, 0.1) is 17.5 Å². The van der Waals surface area contributed by atoms with E-state index in [4.69, 9.17) is 0 Å². The smallest absolute Gasteiger partial charge is 0.237 e. The molecule has 0 unspecified atom stereocenters. The van der Waals surface area contributed by atoms with Gasteiger partial charge in [0.15, 0.2) is 9.84 Å². The summed E-state index contributed by atoms with van der Waals surface area (Å²) < 4.78 is 22.7. The number of carbonyl (C=O) groups excluding carboxylic acids is 1. The molecule has 0 aromatic carbocycles. The molecule has 0 aromatic rings. The van der Waals surface area contributed by atoms with Crippen LogP contribution in [0.2, 0.25) is 0 Å². The average Bonchev–Trinajstić information content (AvgIpc) is 2.68. The Kier molecular flexibility index (Phi) is 4.27. The van der Waals surface area contributed by atoms with Gasteiger partial charge in [0.1, 0.15) is 0 Å². The van der Waals surface area contributed by atoms with E-state index in [1.165, 1.54) is 6.42 Å². The fourth-order valence-corrected chi connectivity index (χ4v) is 4.38. The van der Waals surface area contributed by atoms with Crippen LogP contribution in [0.5, 0.6) is 0 Å². The van der Waals surface area contributed by atoms with Crippen LogP contribution in [0.1, 0.15) is 32.6 Å². The van der Waals surface area contributed by atoms with Gasteiger partial charge in [0, 0.05) is 6.04 Å². The number of nitrogens with one attached hydrogen (secondary N) is 1. The second kappa shape index (κ2) is 5.57. The van der Waals surface area contributed by atoms with Crippen molar-refractivity contribution in [2.75, 3.05) is 24.6 Å². The van der Waals surface area contributed by atoms with Crippen LogP contribution in [0.4, 0.5) is 0 Å². The van der Waals surface area contributed by atoms with Crippen molar-refractivity contribution in [3.05, 3.63) is 0 Å². The number of hydrogen-bond acceptors (Lipinski definition) is 4. The molecule has 0 aliphatic carbocycles. The Hall–Kier alpha value is -0.620. The molecule has 2 aliphatic rings. The van der Waals surface area contributed by atoms with E-state index in [0.29, 0.717) is 6.42 Å². The standard InChI is InChI=1S/C12H22N2O3S/c1-10(14-6-3-2-4-7-14)12(15)13-11-5-8-18(16,17)9-11/h10-11H,2-9H2,1H3,(H,13,15)/t10-,11+/m0/s1. The molecule has 2 heterocycles. The molecule has 1 amide bonds. The minimum absolute atomic E-state index is 0.0287. The number of likely N-dealkylation sites (tertiary alicyclic amines) is 1. The second-order valence-electron chi connectivity index (χ2n) is 5.38. The molecule has 0 saturated carbocycles. The van der Waals surface area contributed by atoms with Crippen LogP contribution >= 0.6 is 0 Å². The molecule has 18 heavy (non-hydrogen) atoms. The number of nitrogens with zero attached hydrogens (tertiary/aromatic N) is 1. The summed E-state index contributed by atoms with van der Waals surface area (Å²) in [6.45, 7) is 3.85. The Morgan fingerprint density at radius 1 is 1.28 bits per heavy atom. The topological polar surface area (TPSA) is 66.5 Å². The third-order valence-corrected chi connectivity index (χ3v) is 5.66. The number of carbonyl (C=O) groups is 1. The Bertz CT molecular complexity index is 402. The molecule has 2 atom stereocenters. The zero-order valence-electron chi connectivity index (χ0n) is 10.9. The molecule has 2 rings (SSSR count). The highest BCUT2D eigenvalue weighted by Crippen LogP contribution is 2.14. The van der Waals surface area contributed by atoms with Crippen molar-refractivity contribution >= 4 is 15.7 Å². The molecular formula is C12H22N2O3S. The third-order valence-electron chi connectivity index (χ3n) is 3.90. The van der Waals surface area contributed by atoms with Gasteiger partial charge >= 0.3 is 0 Å². The van der Waals surface area contributed by atoms with Gasteiger partial charge in [-0.15, -0.1) is 0 Å². The predicted molar refractivity (Wildman–Crippen MR) is 70.1 cm³/mol. The van der Waals surface area contributed by atoms with Crippen molar-refractivity contribution in [3.8, 4) is 0 Å². The SMILES string of the molecule is C[C@@H](C(=O)N[C@@H]1CCS(=O)(=O)C1)N1CCCCC1. The van der Waals surface area contributed by atoms with Crippen LogP contribution in [0.25, 0.3) is 0 Å². The first-order valence-electron chi connectivity index (χ1n) is 6.73. The lowest BCUT2D eigenvalue weighted by Gasteiger charge is -2.31. The first-order valence-corrected chi connectivity index (χ1v) is 8.55. The van der Waals surface area contributed by atoms with Gasteiger partial charge in [0.25, 0.3) is 0 Å². The molecular weight excluding hydrogens is 252 g/mol. The van der Waals surface area contributed by atoms with Crippen LogP contribution in [0.15, 0.2) is 0 Å². The van der Waals surface area contributed by atoms with Crippen LogP contribution < -0.4 is 5.32 Å². The fourth-order valence-electron chi connectivity index (χ4n) is 2.70. The fraction of sp³-hybridized carbons (Fsp3) is 0.917. The molecule has 0 spiro atoms. The van der Waals surface area contributed by atoms with E-state index in [2.05, 4.69) is 10.2 Å². The molecule has 1 N–H and O–H groups in total. The predicted octanol–water partition coefficient (Wildman–Crippen LogP) is 0.164. The van der Waals surface area contributed by atoms with E-state index in [1.807, 2.05) is 6.92 Å². The van der Waals surface area contributed by atoms with Gasteiger partial charge in [-0.1, -0.05) is 6.42 Å². The average molecular weight is 274 g/mol. The molecule has 0 bridgehead atoms. The maximum atomic E-state index is 12.1. The quantitative estimate of drug-likeness (QED) is 0.796. The van der Waals surface area contributed by atoms with Gasteiger partial charge < -0.3 is 5.32 Å². The third kappa shape index (κ3) is 3.45. The van der Waals surface area contributed by atoms with E-state index in [-0.39, 0.29) is 29.5 Å². The first kappa shape index (κ1) is 13.8. The van der Waals surface area contributed by atoms with Gasteiger partial charge in [-0.05, 0) is 39.3 Å². The van der Waals surface area contributed by atoms with E-state index in [0.717, 1.165) is 25.9 Å². The number of sulfone groups is 1. The molecule has 2 fully saturated rings. The Morgan fingerprint density at radius 3 is 2.50 bits per heavy atom. The largest absolute Gasteiger partial charge is 0.351 e. The monoisotopic (exact) mass is 274 g/mol. The first-order chi connectivity index (χ1) is 8.48. The van der Waals surface area contributed by atoms with Crippen molar-refractivity contribution in [3.63, 3.8) is 0 Å². The van der Waals surface area contributed by atoms with Gasteiger partial charge in [-0.2, -0.15) is 0 Å². The second-order valence-corrected chi connectivity index (χ2v) is 7.61. The van der Waals surface area contributed by atoms with Crippen molar-refractivity contribution in [1.82, 2.24) is 10.2 Å². The Morgan fingerprint density at radius 2 is 1.94 bits per heavy atom. The summed E-state index contributed by atoms with van der Waals surface area (Å²) in [6, 6.07) is -0.330. The molecule has 104 valence electrons. The summed E-state index contributed by atoms with van der Waals surface area (Å²) >= 11 is 0. The number of piperidine rings is 1. The highest BCUT2D eigenvalue weighted by Gasteiger charge is 2.31. The van der Waals surface area contributed by atoms with Crippen molar-refractivity contribution < 1.29 is 13.2 Å². The van der Waals surface area contributed by atoms with Crippen LogP contribution in [0, 0.1) is 0 Å². The highest BCUT2D eigenvalue weighted by molar-refractivity contribution is 7.91. The molecule has 0 aromatic heterocycles. The summed E-state index contributed by atoms with van der Waals surface area (Å²) in [5, 5.41) is 2.87. The van der Waals surface area contributed by atoms with Gasteiger partial charge in [0.2, 0.25) is 5.91 Å². The number of amides is 1. The lowest BCUT2D eigenvalue weighted by Crippen LogP contribution is -2.50. The highest BCUT2D eigenvalue weighted by atomic mass is 32.2. The maximum absolute atomic E-state index is 12.1. The van der Waals surface area contributed by atoms with Crippen LogP contribution in [0.3, 0.4) is 0 Å². The molecule has 2 aliphatic heterocycles. The lowest BCUT2D eigenvalue weighted by atomic mass is 10.1. The summed E-state index contributed by atoms with van der Waals surface area (Å²) in [5.74, 6) is 0.278. The van der Waals surface area contributed by atoms with Crippen molar-refractivity contribution in [1.29, 1.82) is 0 Å². The molecule has 2 saturated heterocycles. The normalized spacial score (nSPS) is 29.9. The number of hydrogen-bond donors (Lipinski definition) is 1. The summed E-state index contributed by atoms with van der Waals surface area (Å²) in [5.41, 5.74) is 0. The number of rotatable bonds is 3. The Balaban J connectivity index is 1.84. The van der Waals surface area contributed by atoms with Gasteiger partial charge in [-0.25, -0.2) is 8.42 Å². The maximum Gasteiger partial charge on any atom is 0.237 e. The molecule has 6 heteroatoms.